The summed E-state index contributed by atoms with van der Waals surface area (Å²) in [5.74, 6) is -0.0517. The van der Waals surface area contributed by atoms with Crippen molar-refractivity contribution in [3.8, 4) is 0 Å². The number of ether oxygens (including phenoxy) is 3. The van der Waals surface area contributed by atoms with Gasteiger partial charge in [0.2, 0.25) is 5.91 Å². The van der Waals surface area contributed by atoms with E-state index in [0.717, 1.165) is 17.5 Å². The molecule has 0 aliphatic carbocycles. The van der Waals surface area contributed by atoms with Crippen LogP contribution in [0.4, 0.5) is 0 Å². The van der Waals surface area contributed by atoms with E-state index in [1.165, 1.54) is 6.92 Å². The van der Waals surface area contributed by atoms with Crippen molar-refractivity contribution in [2.45, 2.75) is 44.9 Å². The maximum Gasteiger partial charge on any atom is 0.216 e. The zero-order chi connectivity index (χ0) is 18.9. The van der Waals surface area contributed by atoms with E-state index in [1.807, 2.05) is 60.7 Å². The molecule has 1 aliphatic rings. The van der Waals surface area contributed by atoms with E-state index in [-0.39, 0.29) is 24.2 Å². The van der Waals surface area contributed by atoms with Crippen molar-refractivity contribution >= 4 is 5.91 Å². The number of nitrogens with one attached hydrogen (secondary N) is 1. The smallest absolute Gasteiger partial charge is 0.216 e. The summed E-state index contributed by atoms with van der Waals surface area (Å²) < 4.78 is 18.1. The molecular formula is C22H27NO4. The summed E-state index contributed by atoms with van der Waals surface area (Å²) in [6.07, 6.45) is 0.489. The van der Waals surface area contributed by atoms with Crippen LogP contribution < -0.4 is 5.32 Å². The number of hydrogen-bond donors (Lipinski definition) is 1. The Balaban J connectivity index is 1.52. The molecule has 144 valence electrons. The summed E-state index contributed by atoms with van der Waals surface area (Å²) in [5.41, 5.74) is 2.26. The average Bonchev–Trinajstić information content (AvgIpc) is 3.08. The third kappa shape index (κ3) is 6.47. The second-order valence-corrected chi connectivity index (χ2v) is 6.81. The normalized spacial score (nSPS) is 21.9. The number of rotatable bonds is 9. The monoisotopic (exact) mass is 369 g/mol. The molecular weight excluding hydrogens is 342 g/mol. The lowest BCUT2D eigenvalue weighted by atomic mass is 10.1. The van der Waals surface area contributed by atoms with Crippen LogP contribution in [0.2, 0.25) is 0 Å². The van der Waals surface area contributed by atoms with Crippen molar-refractivity contribution in [1.29, 1.82) is 0 Å². The number of carbonyl (C=O) groups excluding carboxylic acids is 1. The summed E-state index contributed by atoms with van der Waals surface area (Å²) in [4.78, 5) is 11.2. The quantitative estimate of drug-likeness (QED) is 0.738. The Morgan fingerprint density at radius 1 is 1.04 bits per heavy atom. The Morgan fingerprint density at radius 3 is 2.30 bits per heavy atom. The molecule has 27 heavy (non-hydrogen) atoms. The molecule has 1 aliphatic heterocycles. The topological polar surface area (TPSA) is 56.8 Å². The lowest BCUT2D eigenvalue weighted by Crippen LogP contribution is -2.31. The maximum atomic E-state index is 11.2. The van der Waals surface area contributed by atoms with Crippen molar-refractivity contribution in [1.82, 2.24) is 5.32 Å². The van der Waals surface area contributed by atoms with Crippen LogP contribution in [0.3, 0.4) is 0 Å². The average molecular weight is 369 g/mol. The molecule has 0 spiro atoms. The third-order valence-electron chi connectivity index (χ3n) is 4.56. The van der Waals surface area contributed by atoms with Gasteiger partial charge < -0.3 is 19.5 Å². The number of amides is 1. The molecule has 1 saturated heterocycles. The minimum atomic E-state index is -0.142. The van der Waals surface area contributed by atoms with E-state index >= 15 is 0 Å². The molecule has 0 aromatic heterocycles. The van der Waals surface area contributed by atoms with Crippen LogP contribution in [0.15, 0.2) is 60.7 Å². The van der Waals surface area contributed by atoms with E-state index in [1.54, 1.807) is 0 Å². The van der Waals surface area contributed by atoms with Gasteiger partial charge in [-0.3, -0.25) is 4.79 Å². The summed E-state index contributed by atoms with van der Waals surface area (Å²) in [7, 11) is 0. The molecule has 1 N–H and O–H groups in total. The van der Waals surface area contributed by atoms with Crippen molar-refractivity contribution in [3.63, 3.8) is 0 Å². The largest absolute Gasteiger partial charge is 0.374 e. The third-order valence-corrected chi connectivity index (χ3v) is 4.56. The number of carbonyl (C=O) groups is 1. The molecule has 5 heteroatoms. The van der Waals surface area contributed by atoms with E-state index in [0.29, 0.717) is 26.4 Å². The summed E-state index contributed by atoms with van der Waals surface area (Å²) in [6.45, 7) is 3.55. The Kier molecular flexibility index (Phi) is 7.39. The van der Waals surface area contributed by atoms with Crippen LogP contribution >= 0.6 is 0 Å². The predicted octanol–water partition coefficient (Wildman–Crippen LogP) is 3.08. The SMILES string of the molecule is CC(=O)NC[C@H]1C[C@H](OCc2ccccc2)[C@@H](COCc2ccccc2)O1. The van der Waals surface area contributed by atoms with E-state index in [2.05, 4.69) is 5.32 Å². The Labute approximate surface area is 160 Å². The van der Waals surface area contributed by atoms with Crippen LogP contribution in [0.5, 0.6) is 0 Å². The van der Waals surface area contributed by atoms with Gasteiger partial charge in [0, 0.05) is 19.9 Å². The zero-order valence-electron chi connectivity index (χ0n) is 15.7. The molecule has 3 atom stereocenters. The van der Waals surface area contributed by atoms with Gasteiger partial charge in [-0.2, -0.15) is 0 Å². The summed E-state index contributed by atoms with van der Waals surface area (Å²) in [5, 5.41) is 2.82. The molecule has 1 heterocycles. The van der Waals surface area contributed by atoms with Crippen LogP contribution in [-0.2, 0) is 32.2 Å². The lowest BCUT2D eigenvalue weighted by molar-refractivity contribution is -0.119. The minimum absolute atomic E-state index is 0.0517. The van der Waals surface area contributed by atoms with Crippen molar-refractivity contribution in [2.75, 3.05) is 13.2 Å². The van der Waals surface area contributed by atoms with Gasteiger partial charge in [0.25, 0.3) is 0 Å². The standard InChI is InChI=1S/C22H27NO4/c1-17(24)23-13-20-12-21(26-15-19-10-6-3-7-11-19)22(27-20)16-25-14-18-8-4-2-5-9-18/h2-11,20-22H,12-16H2,1H3,(H,23,24)/t20-,21+,22-/m1/s1. The van der Waals surface area contributed by atoms with Gasteiger partial charge in [0.1, 0.15) is 6.10 Å². The maximum absolute atomic E-state index is 11.2. The van der Waals surface area contributed by atoms with Crippen molar-refractivity contribution < 1.29 is 19.0 Å². The van der Waals surface area contributed by atoms with Gasteiger partial charge >= 0.3 is 0 Å². The fourth-order valence-corrected chi connectivity index (χ4v) is 3.16. The van der Waals surface area contributed by atoms with Gasteiger partial charge in [-0.1, -0.05) is 60.7 Å². The second kappa shape index (κ2) is 10.2. The molecule has 2 aromatic carbocycles. The molecule has 0 saturated carbocycles. The highest BCUT2D eigenvalue weighted by Gasteiger charge is 2.36. The lowest BCUT2D eigenvalue weighted by Gasteiger charge is -2.19. The van der Waals surface area contributed by atoms with Crippen LogP contribution in [0, 0.1) is 0 Å². The zero-order valence-corrected chi connectivity index (χ0v) is 15.7. The summed E-state index contributed by atoms with van der Waals surface area (Å²) >= 11 is 0. The highest BCUT2D eigenvalue weighted by Crippen LogP contribution is 2.25. The highest BCUT2D eigenvalue weighted by atomic mass is 16.6. The van der Waals surface area contributed by atoms with Crippen molar-refractivity contribution in [2.24, 2.45) is 0 Å². The summed E-state index contributed by atoms with van der Waals surface area (Å²) in [6, 6.07) is 20.2. The molecule has 1 amide bonds. The molecule has 3 rings (SSSR count). The van der Waals surface area contributed by atoms with Gasteiger partial charge in [-0.05, 0) is 11.1 Å². The van der Waals surface area contributed by atoms with Crippen LogP contribution in [-0.4, -0.2) is 37.4 Å². The first kappa shape index (κ1) is 19.5. The van der Waals surface area contributed by atoms with Crippen molar-refractivity contribution in [3.05, 3.63) is 71.8 Å². The fraction of sp³-hybridized carbons (Fsp3) is 0.409. The van der Waals surface area contributed by atoms with Gasteiger partial charge in [0.05, 0.1) is 32.0 Å². The molecule has 0 unspecified atom stereocenters. The molecule has 5 nitrogen and oxygen atoms in total. The van der Waals surface area contributed by atoms with Gasteiger partial charge in [-0.15, -0.1) is 0 Å². The Morgan fingerprint density at radius 2 is 1.67 bits per heavy atom. The Bertz CT molecular complexity index is 692. The number of benzene rings is 2. The molecule has 2 aromatic rings. The highest BCUT2D eigenvalue weighted by molar-refractivity contribution is 5.72. The molecule has 0 radical (unpaired) electrons. The second-order valence-electron chi connectivity index (χ2n) is 6.81. The van der Waals surface area contributed by atoms with Crippen LogP contribution in [0.1, 0.15) is 24.5 Å². The number of hydrogen-bond acceptors (Lipinski definition) is 4. The first-order chi connectivity index (χ1) is 13.2. The first-order valence-electron chi connectivity index (χ1n) is 9.38. The van der Waals surface area contributed by atoms with Gasteiger partial charge in [-0.25, -0.2) is 0 Å². The fourth-order valence-electron chi connectivity index (χ4n) is 3.16. The minimum Gasteiger partial charge on any atom is -0.374 e. The van der Waals surface area contributed by atoms with E-state index < -0.39 is 0 Å². The van der Waals surface area contributed by atoms with Crippen LogP contribution in [0.25, 0.3) is 0 Å². The Hall–Kier alpha value is -2.21. The predicted molar refractivity (Wildman–Crippen MR) is 103 cm³/mol. The van der Waals surface area contributed by atoms with E-state index in [9.17, 15) is 4.79 Å². The van der Waals surface area contributed by atoms with E-state index in [4.69, 9.17) is 14.2 Å². The first-order valence-corrected chi connectivity index (χ1v) is 9.38. The molecule has 0 bridgehead atoms. The molecule has 1 fully saturated rings. The van der Waals surface area contributed by atoms with Gasteiger partial charge in [0.15, 0.2) is 0 Å².